The average molecular weight is 344 g/mol. The van der Waals surface area contributed by atoms with Gasteiger partial charge >= 0.3 is 0 Å². The van der Waals surface area contributed by atoms with Gasteiger partial charge < -0.3 is 13.9 Å². The molecule has 0 saturated carbocycles. The second-order valence-corrected chi connectivity index (χ2v) is 6.89. The standard InChI is InChI=1S/C20H28N2O3/c1-16(12-19-4-3-11-24-19)13-21-8-9-22(18(14-21)7-10-23)15-20-6-5-17(2)25-20/h3-6,11-12,18,23H,7-10,13-15H2,1-2H3/b16-12+/t18-/m1/s1. The summed E-state index contributed by atoms with van der Waals surface area (Å²) in [6, 6.07) is 8.29. The van der Waals surface area contributed by atoms with Crippen LogP contribution in [0.15, 0.2) is 44.9 Å². The Hall–Kier alpha value is -1.82. The maximum Gasteiger partial charge on any atom is 0.126 e. The molecule has 1 aliphatic heterocycles. The fraction of sp³-hybridized carbons (Fsp3) is 0.500. The zero-order valence-corrected chi connectivity index (χ0v) is 15.1. The van der Waals surface area contributed by atoms with Gasteiger partial charge in [0.2, 0.25) is 0 Å². The molecule has 5 heteroatoms. The van der Waals surface area contributed by atoms with Crippen molar-refractivity contribution >= 4 is 6.08 Å². The van der Waals surface area contributed by atoms with Crippen LogP contribution in [0.3, 0.4) is 0 Å². The van der Waals surface area contributed by atoms with Gasteiger partial charge in [0.1, 0.15) is 17.3 Å². The Morgan fingerprint density at radius 3 is 2.88 bits per heavy atom. The molecule has 2 aromatic heterocycles. The lowest BCUT2D eigenvalue weighted by molar-refractivity contribution is 0.0535. The first-order chi connectivity index (χ1) is 12.1. The predicted octanol–water partition coefficient (Wildman–Crippen LogP) is 3.15. The van der Waals surface area contributed by atoms with Gasteiger partial charge in [-0.25, -0.2) is 0 Å². The van der Waals surface area contributed by atoms with Crippen LogP contribution >= 0.6 is 0 Å². The molecule has 1 atom stereocenters. The Labute approximate surface area is 149 Å². The van der Waals surface area contributed by atoms with E-state index in [9.17, 15) is 5.11 Å². The van der Waals surface area contributed by atoms with Crippen LogP contribution in [0.4, 0.5) is 0 Å². The largest absolute Gasteiger partial charge is 0.465 e. The maximum absolute atomic E-state index is 9.45. The molecular formula is C20H28N2O3. The third-order valence-corrected chi connectivity index (χ3v) is 4.71. The van der Waals surface area contributed by atoms with Crippen LogP contribution in [0.1, 0.15) is 30.6 Å². The molecule has 136 valence electrons. The fourth-order valence-corrected chi connectivity index (χ4v) is 3.52. The van der Waals surface area contributed by atoms with E-state index in [4.69, 9.17) is 8.83 Å². The average Bonchev–Trinajstić information content (AvgIpc) is 3.22. The highest BCUT2D eigenvalue weighted by Crippen LogP contribution is 2.19. The van der Waals surface area contributed by atoms with Crippen molar-refractivity contribution in [3.63, 3.8) is 0 Å². The Morgan fingerprint density at radius 1 is 1.32 bits per heavy atom. The van der Waals surface area contributed by atoms with E-state index in [1.807, 2.05) is 31.2 Å². The lowest BCUT2D eigenvalue weighted by Gasteiger charge is -2.41. The summed E-state index contributed by atoms with van der Waals surface area (Å²) in [5.41, 5.74) is 1.29. The van der Waals surface area contributed by atoms with Crippen molar-refractivity contribution in [1.29, 1.82) is 0 Å². The molecule has 5 nitrogen and oxygen atoms in total. The predicted molar refractivity (Wildman–Crippen MR) is 98.1 cm³/mol. The lowest BCUT2D eigenvalue weighted by Crippen LogP contribution is -2.53. The van der Waals surface area contributed by atoms with Gasteiger partial charge in [0.25, 0.3) is 0 Å². The Bertz CT molecular complexity index is 675. The minimum Gasteiger partial charge on any atom is -0.465 e. The van der Waals surface area contributed by atoms with E-state index in [0.29, 0.717) is 6.04 Å². The van der Waals surface area contributed by atoms with Gasteiger partial charge in [0, 0.05) is 38.8 Å². The summed E-state index contributed by atoms with van der Waals surface area (Å²) >= 11 is 0. The van der Waals surface area contributed by atoms with Gasteiger partial charge in [-0.3, -0.25) is 9.80 Å². The molecule has 0 unspecified atom stereocenters. The van der Waals surface area contributed by atoms with Crippen LogP contribution < -0.4 is 0 Å². The van der Waals surface area contributed by atoms with E-state index < -0.39 is 0 Å². The van der Waals surface area contributed by atoms with E-state index in [1.165, 1.54) is 5.57 Å². The minimum absolute atomic E-state index is 0.216. The van der Waals surface area contributed by atoms with Crippen LogP contribution in [-0.4, -0.2) is 53.7 Å². The molecule has 1 N–H and O–H groups in total. The van der Waals surface area contributed by atoms with Crippen molar-refractivity contribution in [3.8, 4) is 0 Å². The Kier molecular flexibility index (Phi) is 6.13. The van der Waals surface area contributed by atoms with Crippen LogP contribution in [0.5, 0.6) is 0 Å². The summed E-state index contributed by atoms with van der Waals surface area (Å²) in [6.45, 7) is 9.03. The molecule has 0 aliphatic carbocycles. The number of aryl methyl sites for hydroxylation is 1. The molecule has 0 radical (unpaired) electrons. The summed E-state index contributed by atoms with van der Waals surface area (Å²) < 4.78 is 11.1. The van der Waals surface area contributed by atoms with Crippen molar-refractivity contribution in [1.82, 2.24) is 9.80 Å². The zero-order valence-electron chi connectivity index (χ0n) is 15.1. The fourth-order valence-electron chi connectivity index (χ4n) is 3.52. The SMILES string of the molecule is C/C(=C\c1ccco1)CN1CCN(Cc2ccc(C)o2)[C@H](CCO)C1. The summed E-state index contributed by atoms with van der Waals surface area (Å²) in [5.74, 6) is 2.85. The second kappa shape index (κ2) is 8.52. The minimum atomic E-state index is 0.216. The van der Waals surface area contributed by atoms with Crippen molar-refractivity contribution in [2.24, 2.45) is 0 Å². The van der Waals surface area contributed by atoms with E-state index in [1.54, 1.807) is 6.26 Å². The smallest absolute Gasteiger partial charge is 0.126 e. The maximum atomic E-state index is 9.45. The van der Waals surface area contributed by atoms with Crippen LogP contribution in [0.2, 0.25) is 0 Å². The van der Waals surface area contributed by atoms with E-state index >= 15 is 0 Å². The second-order valence-electron chi connectivity index (χ2n) is 6.89. The molecule has 25 heavy (non-hydrogen) atoms. The number of hydrogen-bond donors (Lipinski definition) is 1. The molecule has 1 fully saturated rings. The first kappa shape index (κ1) is 18.0. The molecule has 1 saturated heterocycles. The van der Waals surface area contributed by atoms with Gasteiger partial charge in [-0.15, -0.1) is 0 Å². The third kappa shape index (κ3) is 5.08. The highest BCUT2D eigenvalue weighted by atomic mass is 16.3. The Morgan fingerprint density at radius 2 is 2.20 bits per heavy atom. The topological polar surface area (TPSA) is 53.0 Å². The Balaban J connectivity index is 1.58. The van der Waals surface area contributed by atoms with Gasteiger partial charge in [-0.2, -0.15) is 0 Å². The van der Waals surface area contributed by atoms with Crippen molar-refractivity contribution in [3.05, 3.63) is 53.4 Å². The lowest BCUT2D eigenvalue weighted by atomic mass is 10.1. The van der Waals surface area contributed by atoms with Crippen molar-refractivity contribution < 1.29 is 13.9 Å². The monoisotopic (exact) mass is 344 g/mol. The number of aliphatic hydroxyl groups is 1. The molecule has 3 rings (SSSR count). The molecule has 2 aromatic rings. The number of hydrogen-bond acceptors (Lipinski definition) is 5. The van der Waals surface area contributed by atoms with Gasteiger partial charge in [-0.1, -0.05) is 5.57 Å². The number of nitrogens with zero attached hydrogens (tertiary/aromatic N) is 2. The van der Waals surface area contributed by atoms with Gasteiger partial charge in [0.15, 0.2) is 0 Å². The summed E-state index contributed by atoms with van der Waals surface area (Å²) in [7, 11) is 0. The highest BCUT2D eigenvalue weighted by molar-refractivity contribution is 5.46. The van der Waals surface area contributed by atoms with E-state index in [0.717, 1.165) is 56.4 Å². The van der Waals surface area contributed by atoms with E-state index in [-0.39, 0.29) is 6.61 Å². The van der Waals surface area contributed by atoms with Crippen LogP contribution in [-0.2, 0) is 6.54 Å². The molecular weight excluding hydrogens is 316 g/mol. The molecule has 0 amide bonds. The quantitative estimate of drug-likeness (QED) is 0.836. The number of aliphatic hydroxyl groups excluding tert-OH is 1. The molecule has 0 bridgehead atoms. The first-order valence-electron chi connectivity index (χ1n) is 8.97. The molecule has 3 heterocycles. The number of furan rings is 2. The highest BCUT2D eigenvalue weighted by Gasteiger charge is 2.27. The van der Waals surface area contributed by atoms with Gasteiger partial charge in [0.05, 0.1) is 12.8 Å². The number of rotatable bonds is 7. The number of piperazine rings is 1. The molecule has 0 aromatic carbocycles. The zero-order chi connectivity index (χ0) is 17.6. The summed E-state index contributed by atoms with van der Waals surface area (Å²) in [5, 5.41) is 9.45. The van der Waals surface area contributed by atoms with Crippen LogP contribution in [0, 0.1) is 6.92 Å². The van der Waals surface area contributed by atoms with Crippen molar-refractivity contribution in [2.75, 3.05) is 32.8 Å². The third-order valence-electron chi connectivity index (χ3n) is 4.71. The molecule has 1 aliphatic rings. The molecule has 0 spiro atoms. The van der Waals surface area contributed by atoms with Gasteiger partial charge in [-0.05, 0) is 50.6 Å². The van der Waals surface area contributed by atoms with Crippen LogP contribution in [0.25, 0.3) is 6.08 Å². The summed E-state index contributed by atoms with van der Waals surface area (Å²) in [6.07, 6.45) is 4.59. The first-order valence-corrected chi connectivity index (χ1v) is 8.97. The summed E-state index contributed by atoms with van der Waals surface area (Å²) in [4.78, 5) is 4.88. The normalized spacial score (nSPS) is 20.3. The van der Waals surface area contributed by atoms with Crippen molar-refractivity contribution in [2.45, 2.75) is 32.9 Å². The van der Waals surface area contributed by atoms with E-state index in [2.05, 4.69) is 22.8 Å².